The summed E-state index contributed by atoms with van der Waals surface area (Å²) in [7, 11) is -4.33. The summed E-state index contributed by atoms with van der Waals surface area (Å²) in [6.45, 7) is 5.24. The molecule has 0 radical (unpaired) electrons. The number of amides is 1. The van der Waals surface area contributed by atoms with Crippen LogP contribution in [0.1, 0.15) is 37.0 Å². The topological polar surface area (TPSA) is 75.7 Å². The number of alkyl halides is 3. The van der Waals surface area contributed by atoms with Gasteiger partial charge >= 0.3 is 6.18 Å². The standard InChI is InChI=1S/C28H31F3N2O4S/c1-20(2)37-25-11-4-7-22(17-25)8-6-16-32-27(34)19-33(24-10-5-9-23(18-24)28(29,30)31)38(35,36)26-14-12-21(3)13-15-26/h4-5,7,9-15,17-18,20H,6,8,16,19H2,1-3H3,(H,32,34). The zero-order valence-corrected chi connectivity index (χ0v) is 22.3. The van der Waals surface area contributed by atoms with Gasteiger partial charge in [0, 0.05) is 6.54 Å². The largest absolute Gasteiger partial charge is 0.491 e. The second kappa shape index (κ2) is 12.3. The summed E-state index contributed by atoms with van der Waals surface area (Å²) in [5.41, 5.74) is 0.569. The van der Waals surface area contributed by atoms with E-state index in [9.17, 15) is 26.4 Å². The van der Waals surface area contributed by atoms with Crippen molar-refractivity contribution in [2.45, 2.75) is 50.8 Å². The molecule has 204 valence electrons. The number of aryl methyl sites for hydroxylation is 2. The Labute approximate surface area is 221 Å². The first kappa shape index (κ1) is 29.0. The molecule has 1 amide bonds. The molecule has 38 heavy (non-hydrogen) atoms. The fourth-order valence-corrected chi connectivity index (χ4v) is 5.16. The van der Waals surface area contributed by atoms with E-state index in [0.29, 0.717) is 17.1 Å². The van der Waals surface area contributed by atoms with Crippen LogP contribution in [0.3, 0.4) is 0 Å². The average Bonchev–Trinajstić information content (AvgIpc) is 2.85. The molecule has 3 rings (SSSR count). The van der Waals surface area contributed by atoms with E-state index >= 15 is 0 Å². The molecule has 0 atom stereocenters. The monoisotopic (exact) mass is 548 g/mol. The summed E-state index contributed by atoms with van der Waals surface area (Å²) < 4.78 is 73.2. The van der Waals surface area contributed by atoms with Crippen LogP contribution in [-0.2, 0) is 27.4 Å². The predicted octanol–water partition coefficient (Wildman–Crippen LogP) is 5.75. The minimum atomic E-state index is -4.67. The Morgan fingerprint density at radius 3 is 2.34 bits per heavy atom. The molecule has 0 unspecified atom stereocenters. The highest BCUT2D eigenvalue weighted by molar-refractivity contribution is 7.92. The molecule has 0 aliphatic carbocycles. The van der Waals surface area contributed by atoms with Crippen molar-refractivity contribution >= 4 is 21.6 Å². The summed E-state index contributed by atoms with van der Waals surface area (Å²) >= 11 is 0. The van der Waals surface area contributed by atoms with Crippen molar-refractivity contribution in [1.82, 2.24) is 5.32 Å². The number of benzene rings is 3. The van der Waals surface area contributed by atoms with E-state index in [1.54, 1.807) is 19.1 Å². The van der Waals surface area contributed by atoms with Crippen molar-refractivity contribution < 1.29 is 31.1 Å². The van der Waals surface area contributed by atoms with E-state index in [1.807, 2.05) is 38.1 Å². The predicted molar refractivity (Wildman–Crippen MR) is 141 cm³/mol. The van der Waals surface area contributed by atoms with Crippen LogP contribution in [0.15, 0.2) is 77.7 Å². The molecule has 0 bridgehead atoms. The minimum Gasteiger partial charge on any atom is -0.491 e. The van der Waals surface area contributed by atoms with Gasteiger partial charge in [-0.25, -0.2) is 8.42 Å². The molecule has 6 nitrogen and oxygen atoms in total. The van der Waals surface area contributed by atoms with E-state index in [1.165, 1.54) is 18.2 Å². The number of nitrogens with one attached hydrogen (secondary N) is 1. The first-order valence-electron chi connectivity index (χ1n) is 12.2. The van der Waals surface area contributed by atoms with Crippen LogP contribution in [0.25, 0.3) is 0 Å². The molecule has 0 spiro atoms. The number of hydrogen-bond donors (Lipinski definition) is 1. The lowest BCUT2D eigenvalue weighted by Crippen LogP contribution is -2.41. The molecular formula is C28H31F3N2O4S. The number of hydrogen-bond acceptors (Lipinski definition) is 4. The van der Waals surface area contributed by atoms with Crippen molar-refractivity contribution in [2.75, 3.05) is 17.4 Å². The van der Waals surface area contributed by atoms with Crippen LogP contribution in [0.2, 0.25) is 0 Å². The lowest BCUT2D eigenvalue weighted by Gasteiger charge is -2.25. The van der Waals surface area contributed by atoms with Crippen molar-refractivity contribution in [3.63, 3.8) is 0 Å². The fourth-order valence-electron chi connectivity index (χ4n) is 3.74. The highest BCUT2D eigenvalue weighted by Gasteiger charge is 2.33. The molecule has 0 heterocycles. The van der Waals surface area contributed by atoms with E-state index in [-0.39, 0.29) is 23.2 Å². The summed E-state index contributed by atoms with van der Waals surface area (Å²) in [5.74, 6) is 0.120. The summed E-state index contributed by atoms with van der Waals surface area (Å²) in [4.78, 5) is 12.6. The summed E-state index contributed by atoms with van der Waals surface area (Å²) in [6.07, 6.45) is -3.41. The van der Waals surface area contributed by atoms with Gasteiger partial charge in [-0.05, 0) is 81.6 Å². The molecule has 1 N–H and O–H groups in total. The van der Waals surface area contributed by atoms with Gasteiger partial charge in [0.15, 0.2) is 0 Å². The summed E-state index contributed by atoms with van der Waals surface area (Å²) in [5, 5.41) is 2.68. The molecule has 0 aliphatic heterocycles. The average molecular weight is 549 g/mol. The SMILES string of the molecule is Cc1ccc(S(=O)(=O)N(CC(=O)NCCCc2cccc(OC(C)C)c2)c2cccc(C(F)(F)F)c2)cc1. The van der Waals surface area contributed by atoms with Gasteiger partial charge in [-0.15, -0.1) is 0 Å². The zero-order valence-electron chi connectivity index (χ0n) is 21.5. The molecule has 3 aromatic rings. The normalized spacial score (nSPS) is 11.9. The number of nitrogens with zero attached hydrogens (tertiary/aromatic N) is 1. The molecule has 0 saturated heterocycles. The van der Waals surface area contributed by atoms with Gasteiger partial charge in [0.05, 0.1) is 22.3 Å². The number of anilines is 1. The Kier molecular flexibility index (Phi) is 9.43. The Morgan fingerprint density at radius 2 is 1.68 bits per heavy atom. The maximum absolute atomic E-state index is 13.4. The van der Waals surface area contributed by atoms with Crippen LogP contribution in [-0.4, -0.2) is 33.5 Å². The van der Waals surface area contributed by atoms with Crippen LogP contribution in [0.5, 0.6) is 5.75 Å². The summed E-state index contributed by atoms with van der Waals surface area (Å²) in [6, 6.07) is 17.4. The Hall–Kier alpha value is -3.53. The number of rotatable bonds is 11. The van der Waals surface area contributed by atoms with Gasteiger partial charge in [-0.2, -0.15) is 13.2 Å². The minimum absolute atomic E-state index is 0.0421. The van der Waals surface area contributed by atoms with Gasteiger partial charge in [-0.3, -0.25) is 9.10 Å². The number of carbonyl (C=O) groups is 1. The molecular weight excluding hydrogens is 517 g/mol. The molecule has 0 fully saturated rings. The van der Waals surface area contributed by atoms with Crippen molar-refractivity contribution in [3.8, 4) is 5.75 Å². The van der Waals surface area contributed by atoms with Crippen LogP contribution in [0, 0.1) is 6.92 Å². The highest BCUT2D eigenvalue weighted by Crippen LogP contribution is 2.33. The maximum Gasteiger partial charge on any atom is 0.416 e. The van der Waals surface area contributed by atoms with E-state index in [4.69, 9.17) is 4.74 Å². The second-order valence-corrected chi connectivity index (χ2v) is 11.0. The van der Waals surface area contributed by atoms with Crippen LogP contribution < -0.4 is 14.4 Å². The first-order chi connectivity index (χ1) is 17.9. The number of halogens is 3. The third-order valence-electron chi connectivity index (χ3n) is 5.59. The molecule has 0 aliphatic rings. The van der Waals surface area contributed by atoms with E-state index in [2.05, 4.69) is 5.32 Å². The van der Waals surface area contributed by atoms with E-state index in [0.717, 1.165) is 35.1 Å². The van der Waals surface area contributed by atoms with Gasteiger partial charge in [0.2, 0.25) is 5.91 Å². The Bertz CT molecular complexity index is 1340. The van der Waals surface area contributed by atoms with Gasteiger partial charge in [-0.1, -0.05) is 35.9 Å². The second-order valence-electron chi connectivity index (χ2n) is 9.14. The Morgan fingerprint density at radius 1 is 1.00 bits per heavy atom. The van der Waals surface area contributed by atoms with Crippen molar-refractivity contribution in [1.29, 1.82) is 0 Å². The third-order valence-corrected chi connectivity index (χ3v) is 7.38. The number of sulfonamides is 1. The van der Waals surface area contributed by atoms with Gasteiger partial charge in [0.25, 0.3) is 10.0 Å². The zero-order chi connectivity index (χ0) is 27.9. The lowest BCUT2D eigenvalue weighted by atomic mass is 10.1. The highest BCUT2D eigenvalue weighted by atomic mass is 32.2. The molecule has 3 aromatic carbocycles. The molecule has 0 saturated carbocycles. The third kappa shape index (κ3) is 7.98. The molecule has 0 aromatic heterocycles. The van der Waals surface area contributed by atoms with E-state index < -0.39 is 34.2 Å². The van der Waals surface area contributed by atoms with Crippen molar-refractivity contribution in [3.05, 3.63) is 89.5 Å². The van der Waals surface area contributed by atoms with Gasteiger partial charge in [0.1, 0.15) is 12.3 Å². The lowest BCUT2D eigenvalue weighted by molar-refractivity contribution is -0.137. The molecule has 10 heteroatoms. The fraction of sp³-hybridized carbons (Fsp3) is 0.321. The number of carbonyl (C=O) groups excluding carboxylic acids is 1. The maximum atomic E-state index is 13.4. The van der Waals surface area contributed by atoms with Crippen molar-refractivity contribution in [2.24, 2.45) is 0 Å². The van der Waals surface area contributed by atoms with Crippen LogP contribution >= 0.6 is 0 Å². The quantitative estimate of drug-likeness (QED) is 0.310. The first-order valence-corrected chi connectivity index (χ1v) is 13.6. The van der Waals surface area contributed by atoms with Gasteiger partial charge < -0.3 is 10.1 Å². The number of ether oxygens (including phenoxy) is 1. The van der Waals surface area contributed by atoms with Crippen LogP contribution in [0.4, 0.5) is 18.9 Å². The Balaban J connectivity index is 1.73. The smallest absolute Gasteiger partial charge is 0.416 e.